The molecule has 0 unspecified atom stereocenters. The minimum atomic E-state index is -1.74. The van der Waals surface area contributed by atoms with Gasteiger partial charge in [0.05, 0.1) is 6.54 Å². The van der Waals surface area contributed by atoms with E-state index in [2.05, 4.69) is 9.47 Å². The zero-order valence-corrected chi connectivity index (χ0v) is 4.99. The first-order chi connectivity index (χ1) is 4.57. The third-order valence-electron chi connectivity index (χ3n) is 0.982. The van der Waals surface area contributed by atoms with Crippen molar-refractivity contribution < 1.29 is 19.1 Å². The quantitative estimate of drug-likeness (QED) is 0.317. The number of nitrogens with two attached hydrogens (primary N) is 2. The Bertz CT molecular complexity index is 174. The maximum Gasteiger partial charge on any atom is 0.421 e. The van der Waals surface area contributed by atoms with Crippen molar-refractivity contribution in [3.8, 4) is 0 Å². The zero-order valence-electron chi connectivity index (χ0n) is 4.99. The van der Waals surface area contributed by atoms with Gasteiger partial charge in [0.25, 0.3) is 0 Å². The Labute approximate surface area is 56.1 Å². The van der Waals surface area contributed by atoms with Crippen LogP contribution in [0.25, 0.3) is 0 Å². The molecule has 0 aromatic rings. The molecule has 0 bridgehead atoms. The normalized spacial score (nSPS) is 22.2. The van der Waals surface area contributed by atoms with Crippen LogP contribution in [0.5, 0.6) is 0 Å². The average molecular weight is 146 g/mol. The van der Waals surface area contributed by atoms with E-state index in [4.69, 9.17) is 11.5 Å². The van der Waals surface area contributed by atoms with E-state index in [1.54, 1.807) is 0 Å². The lowest BCUT2D eigenvalue weighted by Crippen LogP contribution is -2.48. The van der Waals surface area contributed by atoms with E-state index in [-0.39, 0.29) is 6.54 Å². The average Bonchev–Trinajstić information content (AvgIpc) is 2.10. The van der Waals surface area contributed by atoms with Crippen LogP contribution in [-0.4, -0.2) is 24.4 Å². The van der Waals surface area contributed by atoms with Gasteiger partial charge < -0.3 is 15.2 Å². The number of carbonyl (C=O) groups excluding carboxylic acids is 2. The van der Waals surface area contributed by atoms with Gasteiger partial charge in [-0.2, -0.15) is 0 Å². The van der Waals surface area contributed by atoms with E-state index in [1.807, 2.05) is 0 Å². The van der Waals surface area contributed by atoms with Crippen LogP contribution in [0.3, 0.4) is 0 Å². The molecule has 1 rings (SSSR count). The third-order valence-corrected chi connectivity index (χ3v) is 0.982. The van der Waals surface area contributed by atoms with Gasteiger partial charge in [-0.1, -0.05) is 0 Å². The van der Waals surface area contributed by atoms with Gasteiger partial charge in [-0.05, 0) is 0 Å². The first-order valence-corrected chi connectivity index (χ1v) is 2.53. The molecule has 6 nitrogen and oxygen atoms in total. The van der Waals surface area contributed by atoms with Crippen LogP contribution in [0.1, 0.15) is 0 Å². The summed E-state index contributed by atoms with van der Waals surface area (Å²) in [7, 11) is 0. The number of esters is 2. The maximum atomic E-state index is 10.3. The van der Waals surface area contributed by atoms with Gasteiger partial charge >= 0.3 is 17.8 Å². The van der Waals surface area contributed by atoms with E-state index in [9.17, 15) is 9.59 Å². The fraction of sp³-hybridized carbons (Fsp3) is 0.500. The number of hydrogen-bond donors (Lipinski definition) is 2. The highest BCUT2D eigenvalue weighted by molar-refractivity contribution is 6.31. The summed E-state index contributed by atoms with van der Waals surface area (Å²) < 4.78 is 8.50. The highest BCUT2D eigenvalue weighted by atomic mass is 16.8. The number of ether oxygens (including phenoxy) is 2. The molecule has 0 saturated carbocycles. The summed E-state index contributed by atoms with van der Waals surface area (Å²) in [5, 5.41) is 0. The highest BCUT2D eigenvalue weighted by Gasteiger charge is 2.44. The Morgan fingerprint density at radius 3 is 1.90 bits per heavy atom. The van der Waals surface area contributed by atoms with Crippen molar-refractivity contribution in [3.05, 3.63) is 0 Å². The SMILES string of the molecule is NCC1(N)OC(=O)C(=O)O1. The largest absolute Gasteiger partial charge is 0.421 e. The molecule has 1 aliphatic heterocycles. The molecule has 1 aliphatic rings. The predicted molar refractivity (Wildman–Crippen MR) is 28.2 cm³/mol. The monoisotopic (exact) mass is 146 g/mol. The van der Waals surface area contributed by atoms with Crippen LogP contribution in [-0.2, 0) is 19.1 Å². The first-order valence-electron chi connectivity index (χ1n) is 2.53. The molecule has 0 aromatic heterocycles. The molecule has 1 fully saturated rings. The molecule has 0 radical (unpaired) electrons. The number of carbonyl (C=O) groups is 2. The molecular weight excluding hydrogens is 140 g/mol. The standard InChI is InChI=1S/C4H6N2O4/c5-1-4(6)9-2(7)3(8)10-4/h1,5-6H2. The van der Waals surface area contributed by atoms with Crippen LogP contribution in [0.2, 0.25) is 0 Å². The van der Waals surface area contributed by atoms with Crippen molar-refractivity contribution in [3.63, 3.8) is 0 Å². The second-order valence-corrected chi connectivity index (χ2v) is 1.79. The summed E-state index contributed by atoms with van der Waals surface area (Å²) >= 11 is 0. The second kappa shape index (κ2) is 1.93. The van der Waals surface area contributed by atoms with Crippen molar-refractivity contribution in [2.24, 2.45) is 11.5 Å². The van der Waals surface area contributed by atoms with Crippen molar-refractivity contribution in [2.45, 2.75) is 5.91 Å². The lowest BCUT2D eigenvalue weighted by molar-refractivity contribution is -0.171. The fourth-order valence-corrected chi connectivity index (χ4v) is 0.501. The van der Waals surface area contributed by atoms with E-state index < -0.39 is 17.8 Å². The van der Waals surface area contributed by atoms with E-state index in [0.29, 0.717) is 0 Å². The van der Waals surface area contributed by atoms with Crippen molar-refractivity contribution in [1.82, 2.24) is 0 Å². The van der Waals surface area contributed by atoms with Gasteiger partial charge in [-0.25, -0.2) is 9.59 Å². The molecule has 4 N–H and O–H groups in total. The summed E-state index contributed by atoms with van der Waals surface area (Å²) in [6, 6.07) is 0. The Kier molecular flexibility index (Phi) is 1.34. The summed E-state index contributed by atoms with van der Waals surface area (Å²) in [5.74, 6) is -3.95. The van der Waals surface area contributed by atoms with Gasteiger partial charge in [-0.3, -0.25) is 5.73 Å². The van der Waals surface area contributed by atoms with Gasteiger partial charge in [0.15, 0.2) is 0 Å². The van der Waals surface area contributed by atoms with Crippen LogP contribution >= 0.6 is 0 Å². The third kappa shape index (κ3) is 0.937. The van der Waals surface area contributed by atoms with E-state index >= 15 is 0 Å². The topological polar surface area (TPSA) is 105 Å². The smallest absolute Gasteiger partial charge is 0.399 e. The Morgan fingerprint density at radius 2 is 1.70 bits per heavy atom. The molecule has 0 atom stereocenters. The van der Waals surface area contributed by atoms with E-state index in [0.717, 1.165) is 0 Å². The Hall–Kier alpha value is -1.14. The summed E-state index contributed by atoms with van der Waals surface area (Å²) in [5.41, 5.74) is 10.1. The lowest BCUT2D eigenvalue weighted by atomic mass is 10.5. The van der Waals surface area contributed by atoms with Crippen LogP contribution in [0, 0.1) is 0 Å². The molecule has 6 heteroatoms. The highest BCUT2D eigenvalue weighted by Crippen LogP contribution is 2.12. The molecule has 0 aliphatic carbocycles. The number of rotatable bonds is 1. The summed E-state index contributed by atoms with van der Waals surface area (Å²) in [4.78, 5) is 20.6. The first kappa shape index (κ1) is 6.97. The number of cyclic esters (lactones) is 2. The van der Waals surface area contributed by atoms with Gasteiger partial charge in [-0.15, -0.1) is 0 Å². The molecule has 1 heterocycles. The van der Waals surface area contributed by atoms with Crippen molar-refractivity contribution in [2.75, 3.05) is 6.54 Å². The second-order valence-electron chi connectivity index (χ2n) is 1.79. The minimum absolute atomic E-state index is 0.246. The van der Waals surface area contributed by atoms with Gasteiger partial charge in [0, 0.05) is 0 Å². The molecule has 0 aromatic carbocycles. The number of hydrogen-bond acceptors (Lipinski definition) is 6. The van der Waals surface area contributed by atoms with Crippen molar-refractivity contribution >= 4 is 11.9 Å². The molecule has 10 heavy (non-hydrogen) atoms. The van der Waals surface area contributed by atoms with Crippen molar-refractivity contribution in [1.29, 1.82) is 0 Å². The molecular formula is C4H6N2O4. The predicted octanol–water partition coefficient (Wildman–Crippen LogP) is -2.34. The minimum Gasteiger partial charge on any atom is -0.399 e. The maximum absolute atomic E-state index is 10.3. The van der Waals surface area contributed by atoms with E-state index in [1.165, 1.54) is 0 Å². The molecule has 0 spiro atoms. The van der Waals surface area contributed by atoms with Crippen LogP contribution in [0.4, 0.5) is 0 Å². The van der Waals surface area contributed by atoms with Gasteiger partial charge in [0.1, 0.15) is 0 Å². The van der Waals surface area contributed by atoms with Gasteiger partial charge in [0.2, 0.25) is 0 Å². The van der Waals surface area contributed by atoms with Crippen LogP contribution < -0.4 is 11.5 Å². The summed E-state index contributed by atoms with van der Waals surface area (Å²) in [6.07, 6.45) is 0. The molecule has 56 valence electrons. The lowest BCUT2D eigenvalue weighted by Gasteiger charge is -2.16. The Balaban J connectivity index is 2.73. The summed E-state index contributed by atoms with van der Waals surface area (Å²) in [6.45, 7) is -0.246. The fourth-order valence-electron chi connectivity index (χ4n) is 0.501. The Morgan fingerprint density at radius 1 is 1.30 bits per heavy atom. The molecule has 0 amide bonds. The zero-order chi connectivity index (χ0) is 7.78. The van der Waals surface area contributed by atoms with Crippen LogP contribution in [0.15, 0.2) is 0 Å². The molecule has 1 saturated heterocycles.